The van der Waals surface area contributed by atoms with Crippen molar-refractivity contribution in [3.05, 3.63) is 0 Å². The summed E-state index contributed by atoms with van der Waals surface area (Å²) in [5.74, 6) is 1.56. The third-order valence-electron chi connectivity index (χ3n) is 3.33. The molecule has 1 fully saturated rings. The van der Waals surface area contributed by atoms with Gasteiger partial charge in [0.25, 0.3) is 0 Å². The van der Waals surface area contributed by atoms with E-state index in [0.29, 0.717) is 6.10 Å². The summed E-state index contributed by atoms with van der Waals surface area (Å²) in [7, 11) is 0. The molecule has 96 valence electrons. The van der Waals surface area contributed by atoms with Gasteiger partial charge in [0.15, 0.2) is 0 Å². The fourth-order valence-electron chi connectivity index (χ4n) is 2.29. The second-order valence-electron chi connectivity index (χ2n) is 5.70. The second kappa shape index (κ2) is 8.08. The molecule has 0 aromatic carbocycles. The Kier molecular flexibility index (Phi) is 7.06. The summed E-state index contributed by atoms with van der Waals surface area (Å²) in [6.45, 7) is 9.71. The van der Waals surface area contributed by atoms with E-state index in [1.807, 2.05) is 0 Å². The van der Waals surface area contributed by atoms with E-state index in [9.17, 15) is 0 Å². The molecule has 1 saturated carbocycles. The summed E-state index contributed by atoms with van der Waals surface area (Å²) >= 11 is 0. The summed E-state index contributed by atoms with van der Waals surface area (Å²) in [5.41, 5.74) is 0. The first-order valence-electron chi connectivity index (χ1n) is 7.00. The predicted molar refractivity (Wildman–Crippen MR) is 69.7 cm³/mol. The molecule has 0 heterocycles. The topological polar surface area (TPSA) is 21.3 Å². The summed E-state index contributed by atoms with van der Waals surface area (Å²) in [5, 5.41) is 3.45. The average molecular weight is 227 g/mol. The Labute approximate surface area is 101 Å². The fourth-order valence-corrected chi connectivity index (χ4v) is 2.29. The van der Waals surface area contributed by atoms with Crippen molar-refractivity contribution in [1.82, 2.24) is 5.32 Å². The monoisotopic (exact) mass is 227 g/mol. The highest BCUT2D eigenvalue weighted by Gasteiger charge is 2.14. The Balaban J connectivity index is 1.98. The molecule has 0 bridgehead atoms. The van der Waals surface area contributed by atoms with E-state index in [4.69, 9.17) is 4.74 Å². The van der Waals surface area contributed by atoms with Gasteiger partial charge in [0, 0.05) is 13.2 Å². The minimum absolute atomic E-state index is 0.362. The summed E-state index contributed by atoms with van der Waals surface area (Å²) in [6.07, 6.45) is 7.38. The van der Waals surface area contributed by atoms with Gasteiger partial charge in [0.05, 0.1) is 6.10 Å². The Morgan fingerprint density at radius 3 is 2.38 bits per heavy atom. The Morgan fingerprint density at radius 2 is 1.75 bits per heavy atom. The molecule has 1 atom stereocenters. The molecule has 2 heteroatoms. The van der Waals surface area contributed by atoms with E-state index in [2.05, 4.69) is 26.1 Å². The second-order valence-corrected chi connectivity index (χ2v) is 5.70. The SMILES string of the molecule is CC(C)CNCC(C)OCC1CCCCC1. The van der Waals surface area contributed by atoms with Gasteiger partial charge in [0.2, 0.25) is 0 Å². The lowest BCUT2D eigenvalue weighted by Gasteiger charge is -2.23. The molecule has 0 aromatic heterocycles. The molecule has 1 N–H and O–H groups in total. The maximum atomic E-state index is 5.90. The van der Waals surface area contributed by atoms with Crippen LogP contribution in [0.4, 0.5) is 0 Å². The smallest absolute Gasteiger partial charge is 0.0671 e. The first-order chi connectivity index (χ1) is 7.68. The number of nitrogens with one attached hydrogen (secondary N) is 1. The van der Waals surface area contributed by atoms with E-state index < -0.39 is 0 Å². The highest BCUT2D eigenvalue weighted by molar-refractivity contribution is 4.66. The zero-order chi connectivity index (χ0) is 11.8. The number of hydrogen-bond donors (Lipinski definition) is 1. The maximum absolute atomic E-state index is 5.90. The highest BCUT2D eigenvalue weighted by atomic mass is 16.5. The van der Waals surface area contributed by atoms with E-state index in [-0.39, 0.29) is 0 Å². The molecule has 1 unspecified atom stereocenters. The molecular formula is C14H29NO. The van der Waals surface area contributed by atoms with E-state index in [0.717, 1.165) is 31.5 Å². The van der Waals surface area contributed by atoms with Crippen LogP contribution < -0.4 is 5.32 Å². The Morgan fingerprint density at radius 1 is 1.06 bits per heavy atom. The van der Waals surface area contributed by atoms with Gasteiger partial charge in [-0.3, -0.25) is 0 Å². The van der Waals surface area contributed by atoms with Crippen LogP contribution in [0.25, 0.3) is 0 Å². The molecule has 0 aliphatic heterocycles. The van der Waals surface area contributed by atoms with Gasteiger partial charge in [-0.05, 0) is 38.1 Å². The molecule has 0 spiro atoms. The molecular weight excluding hydrogens is 198 g/mol. The normalized spacial score (nSPS) is 20.2. The van der Waals surface area contributed by atoms with Gasteiger partial charge in [-0.15, -0.1) is 0 Å². The standard InChI is InChI=1S/C14H29NO/c1-12(2)9-15-10-13(3)16-11-14-7-5-4-6-8-14/h12-15H,4-11H2,1-3H3. The highest BCUT2D eigenvalue weighted by Crippen LogP contribution is 2.23. The average Bonchev–Trinajstić information content (AvgIpc) is 2.27. The van der Waals surface area contributed by atoms with Crippen LogP contribution >= 0.6 is 0 Å². The first kappa shape index (κ1) is 14.0. The Hall–Kier alpha value is -0.0800. The number of ether oxygens (including phenoxy) is 1. The maximum Gasteiger partial charge on any atom is 0.0671 e. The van der Waals surface area contributed by atoms with Gasteiger partial charge in [-0.1, -0.05) is 33.1 Å². The van der Waals surface area contributed by atoms with Gasteiger partial charge in [-0.2, -0.15) is 0 Å². The lowest BCUT2D eigenvalue weighted by atomic mass is 9.90. The quantitative estimate of drug-likeness (QED) is 0.721. The third-order valence-corrected chi connectivity index (χ3v) is 3.33. The predicted octanol–water partition coefficient (Wildman–Crippen LogP) is 3.22. The van der Waals surface area contributed by atoms with Gasteiger partial charge in [0.1, 0.15) is 0 Å². The Bertz CT molecular complexity index is 164. The van der Waals surface area contributed by atoms with Crippen molar-refractivity contribution in [2.24, 2.45) is 11.8 Å². The molecule has 0 amide bonds. The fraction of sp³-hybridized carbons (Fsp3) is 1.00. The van der Waals surface area contributed by atoms with Crippen LogP contribution in [0.3, 0.4) is 0 Å². The molecule has 0 saturated heterocycles. The zero-order valence-corrected chi connectivity index (χ0v) is 11.3. The minimum atomic E-state index is 0.362. The molecule has 1 aliphatic rings. The summed E-state index contributed by atoms with van der Waals surface area (Å²) in [6, 6.07) is 0. The summed E-state index contributed by atoms with van der Waals surface area (Å²) < 4.78 is 5.90. The van der Waals surface area contributed by atoms with Crippen molar-refractivity contribution >= 4 is 0 Å². The van der Waals surface area contributed by atoms with Gasteiger partial charge >= 0.3 is 0 Å². The van der Waals surface area contributed by atoms with E-state index >= 15 is 0 Å². The zero-order valence-electron chi connectivity index (χ0n) is 11.3. The molecule has 0 aromatic rings. The minimum Gasteiger partial charge on any atom is -0.377 e. The number of hydrogen-bond acceptors (Lipinski definition) is 2. The third kappa shape index (κ3) is 6.49. The number of rotatable bonds is 7. The van der Waals surface area contributed by atoms with Crippen molar-refractivity contribution in [1.29, 1.82) is 0 Å². The molecule has 1 aliphatic carbocycles. The van der Waals surface area contributed by atoms with Crippen LogP contribution in [-0.2, 0) is 4.74 Å². The van der Waals surface area contributed by atoms with Crippen LogP contribution in [0.5, 0.6) is 0 Å². The van der Waals surface area contributed by atoms with Crippen LogP contribution in [0, 0.1) is 11.8 Å². The van der Waals surface area contributed by atoms with Gasteiger partial charge in [-0.25, -0.2) is 0 Å². The van der Waals surface area contributed by atoms with Crippen LogP contribution in [-0.4, -0.2) is 25.8 Å². The van der Waals surface area contributed by atoms with Crippen LogP contribution in [0.2, 0.25) is 0 Å². The largest absolute Gasteiger partial charge is 0.377 e. The first-order valence-corrected chi connectivity index (χ1v) is 7.00. The molecule has 16 heavy (non-hydrogen) atoms. The van der Waals surface area contributed by atoms with E-state index in [1.165, 1.54) is 32.1 Å². The lowest BCUT2D eigenvalue weighted by Crippen LogP contribution is -2.31. The lowest BCUT2D eigenvalue weighted by molar-refractivity contribution is 0.0312. The van der Waals surface area contributed by atoms with Crippen molar-refractivity contribution in [2.75, 3.05) is 19.7 Å². The molecule has 2 nitrogen and oxygen atoms in total. The summed E-state index contributed by atoms with van der Waals surface area (Å²) in [4.78, 5) is 0. The van der Waals surface area contributed by atoms with Gasteiger partial charge < -0.3 is 10.1 Å². The molecule has 0 radical (unpaired) electrons. The van der Waals surface area contributed by atoms with Crippen LogP contribution in [0.15, 0.2) is 0 Å². The molecule has 1 rings (SSSR count). The van der Waals surface area contributed by atoms with Crippen molar-refractivity contribution in [2.45, 2.75) is 59.0 Å². The van der Waals surface area contributed by atoms with Crippen LogP contribution in [0.1, 0.15) is 52.9 Å². The van der Waals surface area contributed by atoms with Crippen molar-refractivity contribution in [3.8, 4) is 0 Å². The van der Waals surface area contributed by atoms with Crippen molar-refractivity contribution in [3.63, 3.8) is 0 Å². The van der Waals surface area contributed by atoms with Crippen molar-refractivity contribution < 1.29 is 4.74 Å². The van der Waals surface area contributed by atoms with E-state index in [1.54, 1.807) is 0 Å².